The summed E-state index contributed by atoms with van der Waals surface area (Å²) in [5.74, 6) is 0.485. The minimum Gasteiger partial charge on any atom is -0.335 e. The van der Waals surface area contributed by atoms with Gasteiger partial charge < -0.3 is 10.2 Å². The van der Waals surface area contributed by atoms with Crippen LogP contribution in [0.25, 0.3) is 0 Å². The maximum absolute atomic E-state index is 13.8. The van der Waals surface area contributed by atoms with Crippen LogP contribution in [0.5, 0.6) is 0 Å². The molecule has 1 aromatic rings. The fourth-order valence-electron chi connectivity index (χ4n) is 3.57. The molecule has 3 rings (SSSR count). The molecule has 2 fully saturated rings. The highest BCUT2D eigenvalue weighted by Gasteiger charge is 2.45. The molecule has 0 aromatic heterocycles. The van der Waals surface area contributed by atoms with E-state index in [1.807, 2.05) is 4.90 Å². The van der Waals surface area contributed by atoms with Crippen molar-refractivity contribution in [3.05, 3.63) is 35.6 Å². The fraction of sp³-hybridized carbons (Fsp3) is 0.533. The van der Waals surface area contributed by atoms with Gasteiger partial charge in [0.2, 0.25) is 0 Å². The van der Waals surface area contributed by atoms with E-state index in [1.54, 1.807) is 18.2 Å². The summed E-state index contributed by atoms with van der Waals surface area (Å²) in [5.41, 5.74) is 0.203. The Labute approximate surface area is 112 Å². The van der Waals surface area contributed by atoms with Gasteiger partial charge in [-0.25, -0.2) is 4.39 Å². The van der Waals surface area contributed by atoms with Crippen LogP contribution in [0.3, 0.4) is 0 Å². The minimum absolute atomic E-state index is 0.153. The van der Waals surface area contributed by atoms with E-state index in [-0.39, 0.29) is 17.5 Å². The number of amides is 1. The molecule has 1 aromatic carbocycles. The summed E-state index contributed by atoms with van der Waals surface area (Å²) >= 11 is 0. The van der Waals surface area contributed by atoms with Crippen LogP contribution < -0.4 is 5.32 Å². The molecule has 0 spiro atoms. The van der Waals surface area contributed by atoms with Crippen LogP contribution in [-0.2, 0) is 0 Å². The van der Waals surface area contributed by atoms with Gasteiger partial charge in [0.05, 0.1) is 5.56 Å². The van der Waals surface area contributed by atoms with Crippen LogP contribution in [0, 0.1) is 17.7 Å². The van der Waals surface area contributed by atoms with Crippen molar-refractivity contribution in [2.24, 2.45) is 11.8 Å². The minimum atomic E-state index is -0.419. The van der Waals surface area contributed by atoms with E-state index in [9.17, 15) is 9.18 Å². The third-order valence-electron chi connectivity index (χ3n) is 4.50. The van der Waals surface area contributed by atoms with Crippen molar-refractivity contribution in [1.82, 2.24) is 10.2 Å². The molecule has 0 saturated carbocycles. The third kappa shape index (κ3) is 2.04. The van der Waals surface area contributed by atoms with E-state index >= 15 is 0 Å². The number of hydrogen-bond acceptors (Lipinski definition) is 2. The fourth-order valence-corrected chi connectivity index (χ4v) is 3.57. The van der Waals surface area contributed by atoms with Gasteiger partial charge in [-0.3, -0.25) is 4.79 Å². The van der Waals surface area contributed by atoms with Crippen LogP contribution >= 0.6 is 0 Å². The Bertz CT molecular complexity index is 491. The Balaban J connectivity index is 1.86. The summed E-state index contributed by atoms with van der Waals surface area (Å²) in [7, 11) is 0. The topological polar surface area (TPSA) is 32.3 Å². The molecule has 0 bridgehead atoms. The number of halogens is 1. The van der Waals surface area contributed by atoms with Gasteiger partial charge in [0.15, 0.2) is 0 Å². The summed E-state index contributed by atoms with van der Waals surface area (Å²) in [4.78, 5) is 14.4. The van der Waals surface area contributed by atoms with E-state index in [0.717, 1.165) is 26.1 Å². The van der Waals surface area contributed by atoms with Gasteiger partial charge in [-0.15, -0.1) is 0 Å². The van der Waals surface area contributed by atoms with Crippen LogP contribution in [0.15, 0.2) is 24.3 Å². The van der Waals surface area contributed by atoms with E-state index in [2.05, 4.69) is 12.2 Å². The van der Waals surface area contributed by atoms with Gasteiger partial charge in [-0.1, -0.05) is 19.1 Å². The van der Waals surface area contributed by atoms with E-state index in [4.69, 9.17) is 0 Å². The predicted octanol–water partition coefficient (Wildman–Crippen LogP) is 1.90. The lowest BCUT2D eigenvalue weighted by atomic mass is 9.93. The Morgan fingerprint density at radius 3 is 2.95 bits per heavy atom. The second-order valence-corrected chi connectivity index (χ2v) is 5.50. The van der Waals surface area contributed by atoms with Crippen molar-refractivity contribution in [3.63, 3.8) is 0 Å². The van der Waals surface area contributed by atoms with Crippen molar-refractivity contribution in [2.45, 2.75) is 19.4 Å². The van der Waals surface area contributed by atoms with Crippen molar-refractivity contribution in [2.75, 3.05) is 19.6 Å². The van der Waals surface area contributed by atoms with Gasteiger partial charge in [0, 0.05) is 25.7 Å². The molecule has 1 amide bonds. The second-order valence-electron chi connectivity index (χ2n) is 5.50. The van der Waals surface area contributed by atoms with E-state index in [1.165, 1.54) is 6.07 Å². The molecule has 3 unspecified atom stereocenters. The molecule has 2 aliphatic rings. The highest BCUT2D eigenvalue weighted by molar-refractivity contribution is 5.95. The normalized spacial score (nSPS) is 29.6. The van der Waals surface area contributed by atoms with Crippen molar-refractivity contribution < 1.29 is 9.18 Å². The summed E-state index contributed by atoms with van der Waals surface area (Å²) < 4.78 is 13.8. The molecule has 0 radical (unpaired) electrons. The maximum Gasteiger partial charge on any atom is 0.257 e. The Morgan fingerprint density at radius 2 is 2.21 bits per heavy atom. The lowest BCUT2D eigenvalue weighted by Gasteiger charge is -2.27. The summed E-state index contributed by atoms with van der Waals surface area (Å²) in [6.07, 6.45) is 0.934. The van der Waals surface area contributed by atoms with Crippen LogP contribution in [0.4, 0.5) is 4.39 Å². The van der Waals surface area contributed by atoms with Gasteiger partial charge in [-0.05, 0) is 30.4 Å². The molecular weight excluding hydrogens is 243 g/mol. The maximum atomic E-state index is 13.8. The number of hydrogen-bond donors (Lipinski definition) is 1. The first-order valence-electron chi connectivity index (χ1n) is 6.98. The SMILES string of the molecule is CCC1C2CNCC2CN1C(=O)c1ccccc1F. The quantitative estimate of drug-likeness (QED) is 0.883. The Kier molecular flexibility index (Phi) is 3.27. The van der Waals surface area contributed by atoms with Crippen molar-refractivity contribution in [3.8, 4) is 0 Å². The number of likely N-dealkylation sites (tertiary alicyclic amines) is 1. The Hall–Kier alpha value is -1.42. The number of carbonyl (C=O) groups is 1. The molecule has 4 heteroatoms. The zero-order valence-corrected chi connectivity index (χ0v) is 11.1. The van der Waals surface area contributed by atoms with Crippen LogP contribution in [0.1, 0.15) is 23.7 Å². The third-order valence-corrected chi connectivity index (χ3v) is 4.50. The molecule has 3 nitrogen and oxygen atoms in total. The molecule has 1 N–H and O–H groups in total. The average Bonchev–Trinajstić information content (AvgIpc) is 2.98. The molecule has 102 valence electrons. The first-order chi connectivity index (χ1) is 9.22. The summed E-state index contributed by atoms with van der Waals surface area (Å²) in [6, 6.07) is 6.51. The first kappa shape index (κ1) is 12.6. The molecule has 2 saturated heterocycles. The zero-order valence-electron chi connectivity index (χ0n) is 11.1. The predicted molar refractivity (Wildman–Crippen MR) is 71.4 cm³/mol. The molecule has 19 heavy (non-hydrogen) atoms. The number of rotatable bonds is 2. The molecule has 3 atom stereocenters. The van der Waals surface area contributed by atoms with E-state index in [0.29, 0.717) is 11.8 Å². The van der Waals surface area contributed by atoms with E-state index < -0.39 is 5.82 Å². The zero-order chi connectivity index (χ0) is 13.4. The number of nitrogens with zero attached hydrogens (tertiary/aromatic N) is 1. The second kappa shape index (κ2) is 4.93. The Morgan fingerprint density at radius 1 is 1.42 bits per heavy atom. The van der Waals surface area contributed by atoms with Gasteiger partial charge >= 0.3 is 0 Å². The smallest absolute Gasteiger partial charge is 0.257 e. The van der Waals surface area contributed by atoms with Gasteiger partial charge in [0.25, 0.3) is 5.91 Å². The summed E-state index contributed by atoms with van der Waals surface area (Å²) in [5, 5.41) is 3.39. The molecular formula is C15H19FN2O. The number of fused-ring (bicyclic) bond motifs is 1. The highest BCUT2D eigenvalue weighted by atomic mass is 19.1. The molecule has 2 aliphatic heterocycles. The van der Waals surface area contributed by atoms with Crippen molar-refractivity contribution >= 4 is 5.91 Å². The van der Waals surface area contributed by atoms with Gasteiger partial charge in [0.1, 0.15) is 5.82 Å². The molecule has 2 heterocycles. The van der Waals surface area contributed by atoms with Crippen LogP contribution in [-0.4, -0.2) is 36.5 Å². The average molecular weight is 262 g/mol. The number of carbonyl (C=O) groups excluding carboxylic acids is 1. The summed E-state index contributed by atoms with van der Waals surface area (Å²) in [6.45, 7) is 4.81. The first-order valence-corrected chi connectivity index (χ1v) is 6.98. The largest absolute Gasteiger partial charge is 0.335 e. The standard InChI is InChI=1S/C15H19FN2O/c1-2-14-12-8-17-7-10(12)9-18(14)15(19)11-5-3-4-6-13(11)16/h3-6,10,12,14,17H,2,7-9H2,1H3. The molecule has 0 aliphatic carbocycles. The number of benzene rings is 1. The lowest BCUT2D eigenvalue weighted by molar-refractivity contribution is 0.0707. The van der Waals surface area contributed by atoms with Crippen LogP contribution in [0.2, 0.25) is 0 Å². The van der Waals surface area contributed by atoms with Crippen molar-refractivity contribution in [1.29, 1.82) is 0 Å². The lowest BCUT2D eigenvalue weighted by Crippen LogP contribution is -2.39. The number of nitrogens with one attached hydrogen (secondary N) is 1. The highest BCUT2D eigenvalue weighted by Crippen LogP contribution is 2.35. The van der Waals surface area contributed by atoms with Gasteiger partial charge in [-0.2, -0.15) is 0 Å². The monoisotopic (exact) mass is 262 g/mol.